The number of esters is 1. The smallest absolute Gasteiger partial charge is 0.468 e. The largest absolute Gasteiger partial charge is 0.476 e. The van der Waals surface area contributed by atoms with Crippen molar-refractivity contribution in [3.8, 4) is 0 Å². The molecule has 20 heavy (non-hydrogen) atoms. The molecule has 0 aromatic carbocycles. The van der Waals surface area contributed by atoms with Gasteiger partial charge in [0.1, 0.15) is 6.61 Å². The summed E-state index contributed by atoms with van der Waals surface area (Å²) in [5.41, 5.74) is -0.582. The summed E-state index contributed by atoms with van der Waals surface area (Å²) in [4.78, 5) is 21.8. The van der Waals surface area contributed by atoms with Crippen LogP contribution in [0, 0.1) is 0 Å². The number of hydrogen-bond acceptors (Lipinski definition) is 5. The molecule has 0 rings (SSSR count). The van der Waals surface area contributed by atoms with Gasteiger partial charge in [0.15, 0.2) is 0 Å². The Hall–Kier alpha value is -1.36. The fraction of sp³-hybridized carbons (Fsp3) is 0.556. The van der Waals surface area contributed by atoms with E-state index in [1.54, 1.807) is 0 Å². The average molecular weight is 324 g/mol. The minimum Gasteiger partial charge on any atom is -0.476 e. The molecule has 116 valence electrons. The summed E-state index contributed by atoms with van der Waals surface area (Å²) >= 11 is 2.59. The molecular weight excluding hydrogens is 315 g/mol. The van der Waals surface area contributed by atoms with E-state index in [-0.39, 0.29) is 0 Å². The minimum atomic E-state index is -5.80. The normalized spacial score (nSPS) is 15.3. The zero-order valence-corrected chi connectivity index (χ0v) is 10.7. The fourth-order valence-electron chi connectivity index (χ4n) is 0.802. The van der Waals surface area contributed by atoms with Gasteiger partial charge >= 0.3 is 29.2 Å². The van der Waals surface area contributed by atoms with Crippen molar-refractivity contribution in [2.45, 2.75) is 24.1 Å². The van der Waals surface area contributed by atoms with E-state index in [2.05, 4.69) is 28.7 Å². The van der Waals surface area contributed by atoms with Crippen LogP contribution in [0.15, 0.2) is 12.2 Å². The van der Waals surface area contributed by atoms with E-state index >= 15 is 0 Å². The van der Waals surface area contributed by atoms with Gasteiger partial charge in [-0.3, -0.25) is 0 Å². The maximum absolute atomic E-state index is 12.7. The molecule has 0 aromatic rings. The van der Waals surface area contributed by atoms with Crippen LogP contribution in [-0.2, 0) is 19.1 Å². The molecule has 0 saturated heterocycles. The van der Waals surface area contributed by atoms with Gasteiger partial charge in [0, 0.05) is 5.57 Å². The standard InChI is InChI=1S/C9H9F5O5S/c1-4(2)5(15)19-8(6(16)17,9(12,13)14)18-3-7(10,11)20/h20H,1,3H2,2H3,(H,16,17). The summed E-state index contributed by atoms with van der Waals surface area (Å²) in [6.45, 7) is 1.81. The SMILES string of the molecule is C=C(C)C(=O)OC(OCC(F)(F)S)(C(=O)O)C(F)(F)F. The Morgan fingerprint density at radius 3 is 1.95 bits per heavy atom. The lowest BCUT2D eigenvalue weighted by Crippen LogP contribution is -2.58. The number of alkyl halides is 5. The number of halogens is 5. The lowest BCUT2D eigenvalue weighted by atomic mass is 10.2. The maximum Gasteiger partial charge on any atom is 0.468 e. The zero-order valence-electron chi connectivity index (χ0n) is 9.83. The Morgan fingerprint density at radius 2 is 1.70 bits per heavy atom. The van der Waals surface area contributed by atoms with Gasteiger partial charge in [-0.25, -0.2) is 9.59 Å². The van der Waals surface area contributed by atoms with Gasteiger partial charge in [0.2, 0.25) is 0 Å². The first kappa shape index (κ1) is 18.6. The van der Waals surface area contributed by atoms with Crippen molar-refractivity contribution in [3.63, 3.8) is 0 Å². The van der Waals surface area contributed by atoms with Crippen molar-refractivity contribution in [3.05, 3.63) is 12.2 Å². The average Bonchev–Trinajstić information content (AvgIpc) is 2.19. The highest BCUT2D eigenvalue weighted by Crippen LogP contribution is 2.37. The van der Waals surface area contributed by atoms with Gasteiger partial charge in [0.05, 0.1) is 0 Å². The molecule has 1 unspecified atom stereocenters. The third kappa shape index (κ3) is 4.63. The maximum atomic E-state index is 12.7. The predicted molar refractivity (Wildman–Crippen MR) is 57.2 cm³/mol. The van der Waals surface area contributed by atoms with E-state index in [4.69, 9.17) is 5.11 Å². The number of thiol groups is 1. The highest BCUT2D eigenvalue weighted by Gasteiger charge is 2.67. The number of hydrogen-bond donors (Lipinski definition) is 2. The number of carbonyl (C=O) groups is 2. The van der Waals surface area contributed by atoms with E-state index in [1.165, 1.54) is 0 Å². The highest BCUT2D eigenvalue weighted by molar-refractivity contribution is 7.81. The van der Waals surface area contributed by atoms with Gasteiger partial charge in [0.25, 0.3) is 0 Å². The van der Waals surface area contributed by atoms with Crippen LogP contribution in [0.25, 0.3) is 0 Å². The van der Waals surface area contributed by atoms with Crippen molar-refractivity contribution in [1.29, 1.82) is 0 Å². The second-order valence-electron chi connectivity index (χ2n) is 3.54. The number of carboxylic acids is 1. The van der Waals surface area contributed by atoms with E-state index in [1.807, 2.05) is 0 Å². The molecule has 11 heteroatoms. The van der Waals surface area contributed by atoms with E-state index in [9.17, 15) is 31.5 Å². The molecule has 5 nitrogen and oxygen atoms in total. The summed E-state index contributed by atoms with van der Waals surface area (Å²) in [6, 6.07) is 0. The number of carboxylic acid groups (broad SMARTS) is 1. The van der Waals surface area contributed by atoms with Gasteiger partial charge in [-0.15, -0.1) is 12.6 Å². The van der Waals surface area contributed by atoms with E-state index in [0.717, 1.165) is 6.92 Å². The lowest BCUT2D eigenvalue weighted by molar-refractivity contribution is -0.358. The fourth-order valence-corrected chi connectivity index (χ4v) is 0.866. The molecule has 0 saturated carbocycles. The van der Waals surface area contributed by atoms with E-state index < -0.39 is 41.3 Å². The minimum absolute atomic E-state index is 0.582. The van der Waals surface area contributed by atoms with Crippen LogP contribution in [0.4, 0.5) is 22.0 Å². The quantitative estimate of drug-likeness (QED) is 0.257. The molecule has 0 fully saturated rings. The van der Waals surface area contributed by atoms with Crippen LogP contribution in [0.2, 0.25) is 0 Å². The molecular formula is C9H9F5O5S. The molecule has 1 atom stereocenters. The third-order valence-corrected chi connectivity index (χ3v) is 1.82. The molecule has 0 aliphatic rings. The number of carbonyl (C=O) groups excluding carboxylic acids is 1. The van der Waals surface area contributed by atoms with Gasteiger partial charge in [-0.05, 0) is 6.92 Å². The first-order valence-electron chi connectivity index (χ1n) is 4.66. The molecule has 0 bridgehead atoms. The molecule has 0 heterocycles. The lowest BCUT2D eigenvalue weighted by Gasteiger charge is -2.31. The summed E-state index contributed by atoms with van der Waals surface area (Å²) in [7, 11) is 0. The van der Waals surface area contributed by atoms with E-state index in [0.29, 0.717) is 0 Å². The van der Waals surface area contributed by atoms with Crippen LogP contribution >= 0.6 is 12.6 Å². The van der Waals surface area contributed by atoms with Crippen molar-refractivity contribution in [2.24, 2.45) is 0 Å². The van der Waals surface area contributed by atoms with Crippen LogP contribution < -0.4 is 0 Å². The van der Waals surface area contributed by atoms with Crippen molar-refractivity contribution >= 4 is 24.6 Å². The van der Waals surface area contributed by atoms with Crippen LogP contribution in [0.3, 0.4) is 0 Å². The Balaban J connectivity index is 5.56. The monoisotopic (exact) mass is 324 g/mol. The number of rotatable bonds is 6. The second kappa shape index (κ2) is 5.95. The predicted octanol–water partition coefficient (Wildman–Crippen LogP) is 1.99. The van der Waals surface area contributed by atoms with Gasteiger partial charge in [-0.2, -0.15) is 22.0 Å². The Labute approximate surface area is 114 Å². The van der Waals surface area contributed by atoms with Crippen LogP contribution in [0.1, 0.15) is 6.92 Å². The first-order valence-corrected chi connectivity index (χ1v) is 5.11. The second-order valence-corrected chi connectivity index (χ2v) is 4.20. The molecule has 0 aliphatic heterocycles. The van der Waals surface area contributed by atoms with Crippen molar-refractivity contribution < 1.29 is 46.1 Å². The Bertz CT molecular complexity index is 416. The van der Waals surface area contributed by atoms with Gasteiger partial charge in [-0.1, -0.05) is 6.58 Å². The molecule has 0 aliphatic carbocycles. The summed E-state index contributed by atoms with van der Waals surface area (Å²) in [5.74, 6) is -9.17. The third-order valence-electron chi connectivity index (χ3n) is 1.69. The van der Waals surface area contributed by atoms with Crippen molar-refractivity contribution in [1.82, 2.24) is 0 Å². The Kier molecular flexibility index (Phi) is 5.55. The highest BCUT2D eigenvalue weighted by atomic mass is 32.1. The van der Waals surface area contributed by atoms with Crippen LogP contribution in [-0.4, -0.2) is 40.9 Å². The molecule has 0 spiro atoms. The molecule has 0 aromatic heterocycles. The summed E-state index contributed by atoms with van der Waals surface area (Å²) in [6.07, 6.45) is -5.80. The first-order chi connectivity index (χ1) is 8.73. The van der Waals surface area contributed by atoms with Crippen LogP contribution in [0.5, 0.6) is 0 Å². The number of ether oxygens (including phenoxy) is 2. The van der Waals surface area contributed by atoms with Crippen molar-refractivity contribution in [2.75, 3.05) is 6.61 Å². The summed E-state index contributed by atoms with van der Waals surface area (Å²) < 4.78 is 70.3. The molecule has 1 N–H and O–H groups in total. The topological polar surface area (TPSA) is 72.8 Å². The number of aliphatic carboxylic acids is 1. The molecule has 0 amide bonds. The van der Waals surface area contributed by atoms with Gasteiger partial charge < -0.3 is 14.6 Å². The Morgan fingerprint density at radius 1 is 1.25 bits per heavy atom. The summed E-state index contributed by atoms with van der Waals surface area (Å²) in [5, 5.41) is 4.50. The zero-order chi connectivity index (χ0) is 16.4. The molecule has 0 radical (unpaired) electrons.